The lowest BCUT2D eigenvalue weighted by Gasteiger charge is -2.28. The van der Waals surface area contributed by atoms with Crippen LogP contribution in [0.4, 0.5) is 17.1 Å². The molecule has 0 aliphatic heterocycles. The van der Waals surface area contributed by atoms with Crippen LogP contribution in [0, 0.1) is 0 Å². The fourth-order valence-corrected chi connectivity index (χ4v) is 9.77. The number of anilines is 3. The van der Waals surface area contributed by atoms with Crippen LogP contribution in [0.1, 0.15) is 25.0 Å². The average Bonchev–Trinajstić information content (AvgIpc) is 3.89. The van der Waals surface area contributed by atoms with Crippen LogP contribution in [0.5, 0.6) is 0 Å². The Hall–Kier alpha value is -7.36. The molecule has 1 aliphatic carbocycles. The van der Waals surface area contributed by atoms with Gasteiger partial charge in [-0.25, -0.2) is 0 Å². The third kappa shape index (κ3) is 4.80. The van der Waals surface area contributed by atoms with Gasteiger partial charge in [-0.2, -0.15) is 0 Å². The summed E-state index contributed by atoms with van der Waals surface area (Å²) in [6.45, 7) is 4.71. The molecule has 0 bridgehead atoms. The van der Waals surface area contributed by atoms with E-state index in [0.29, 0.717) is 0 Å². The fraction of sp³-hybridized carbons (Fsp3) is 0.0545. The van der Waals surface area contributed by atoms with Crippen molar-refractivity contribution in [3.63, 3.8) is 0 Å². The number of hydrogen-bond acceptors (Lipinski definition) is 2. The monoisotopic (exact) mass is 742 g/mol. The maximum atomic E-state index is 6.34. The van der Waals surface area contributed by atoms with Crippen molar-refractivity contribution in [1.29, 1.82) is 0 Å². The fourth-order valence-electron chi connectivity index (χ4n) is 9.77. The highest BCUT2D eigenvalue weighted by Gasteiger charge is 2.35. The van der Waals surface area contributed by atoms with E-state index in [1.54, 1.807) is 0 Å². The minimum Gasteiger partial charge on any atom is -0.456 e. The molecule has 0 unspecified atom stereocenters. The molecular formula is C55H38N2O. The Bertz CT molecular complexity index is 3450. The van der Waals surface area contributed by atoms with Gasteiger partial charge < -0.3 is 13.9 Å². The Morgan fingerprint density at radius 3 is 2.03 bits per heavy atom. The first-order valence-corrected chi connectivity index (χ1v) is 20.1. The topological polar surface area (TPSA) is 21.3 Å². The number of hydrogen-bond donors (Lipinski definition) is 0. The molecule has 0 radical (unpaired) electrons. The van der Waals surface area contributed by atoms with Gasteiger partial charge in [0.1, 0.15) is 11.2 Å². The Balaban J connectivity index is 1.03. The highest BCUT2D eigenvalue weighted by molar-refractivity contribution is 6.15. The molecule has 9 aromatic carbocycles. The van der Waals surface area contributed by atoms with Gasteiger partial charge in [0.15, 0.2) is 0 Å². The first kappa shape index (κ1) is 32.8. The summed E-state index contributed by atoms with van der Waals surface area (Å²) in [6.07, 6.45) is 0. The first-order chi connectivity index (χ1) is 28.5. The smallest absolute Gasteiger partial charge is 0.137 e. The molecular weight excluding hydrogens is 705 g/mol. The van der Waals surface area contributed by atoms with Crippen molar-refractivity contribution in [3.05, 3.63) is 205 Å². The zero-order valence-corrected chi connectivity index (χ0v) is 32.3. The van der Waals surface area contributed by atoms with Gasteiger partial charge in [0, 0.05) is 38.6 Å². The summed E-state index contributed by atoms with van der Waals surface area (Å²) < 4.78 is 8.74. The normalized spacial score (nSPS) is 13.1. The molecule has 11 aromatic rings. The summed E-state index contributed by atoms with van der Waals surface area (Å²) in [5.41, 5.74) is 16.3. The third-order valence-electron chi connectivity index (χ3n) is 12.5. The lowest BCUT2D eigenvalue weighted by Crippen LogP contribution is -2.16. The molecule has 0 saturated heterocycles. The number of fused-ring (bicyclic) bond motifs is 10. The molecule has 12 rings (SSSR count). The molecule has 0 spiro atoms. The van der Waals surface area contributed by atoms with E-state index in [1.807, 2.05) is 6.07 Å². The van der Waals surface area contributed by atoms with E-state index < -0.39 is 0 Å². The Morgan fingerprint density at radius 2 is 1.10 bits per heavy atom. The van der Waals surface area contributed by atoms with Gasteiger partial charge >= 0.3 is 0 Å². The molecule has 3 nitrogen and oxygen atoms in total. The molecule has 1 aliphatic rings. The van der Waals surface area contributed by atoms with Crippen molar-refractivity contribution in [2.75, 3.05) is 4.90 Å². The lowest BCUT2D eigenvalue weighted by atomic mass is 9.82. The lowest BCUT2D eigenvalue weighted by molar-refractivity contribution is 0.660. The summed E-state index contributed by atoms with van der Waals surface area (Å²) in [4.78, 5) is 2.43. The number of benzene rings is 9. The van der Waals surface area contributed by atoms with E-state index in [2.05, 4.69) is 211 Å². The highest BCUT2D eigenvalue weighted by atomic mass is 16.3. The minimum atomic E-state index is -0.107. The van der Waals surface area contributed by atoms with Crippen molar-refractivity contribution >= 4 is 71.6 Å². The van der Waals surface area contributed by atoms with Crippen molar-refractivity contribution in [2.24, 2.45) is 0 Å². The van der Waals surface area contributed by atoms with Crippen molar-refractivity contribution in [2.45, 2.75) is 19.3 Å². The summed E-state index contributed by atoms with van der Waals surface area (Å²) in [6, 6.07) is 70.8. The summed E-state index contributed by atoms with van der Waals surface area (Å²) in [5.74, 6) is 0. The van der Waals surface area contributed by atoms with Gasteiger partial charge in [-0.1, -0.05) is 135 Å². The summed E-state index contributed by atoms with van der Waals surface area (Å²) in [7, 11) is 0. The first-order valence-electron chi connectivity index (χ1n) is 20.1. The number of rotatable bonds is 5. The van der Waals surface area contributed by atoms with E-state index in [0.717, 1.165) is 44.7 Å². The highest BCUT2D eigenvalue weighted by Crippen LogP contribution is 2.51. The molecule has 0 amide bonds. The van der Waals surface area contributed by atoms with Crippen molar-refractivity contribution in [3.8, 4) is 27.9 Å². The standard InChI is InChI=1S/C55H38N2O/c1-55(2)47-20-8-5-17-42(47)43-29-28-41(34-48(43)55)56(40-27-25-35-13-3-4-14-36(35)31-40)39-16-11-15-37(32-39)38-26-30-50-46(33-38)44-18-6-9-21-49(44)57(50)51-22-12-24-53-54(51)45-19-7-10-23-52(45)58-53/h3-34H,1-2H3. The molecule has 274 valence electrons. The Morgan fingerprint density at radius 1 is 0.431 bits per heavy atom. The van der Waals surface area contributed by atoms with E-state index >= 15 is 0 Å². The van der Waals surface area contributed by atoms with Crippen LogP contribution >= 0.6 is 0 Å². The van der Waals surface area contributed by atoms with E-state index in [1.165, 1.54) is 66.0 Å². The van der Waals surface area contributed by atoms with Gasteiger partial charge in [-0.3, -0.25) is 0 Å². The number of aromatic nitrogens is 1. The SMILES string of the molecule is CC1(C)c2ccccc2-c2ccc(N(c3cccc(-c4ccc5c(c4)c4ccccc4n5-c4cccc5oc6ccccc6c45)c3)c3ccc4ccccc4c3)cc21. The second-order valence-corrected chi connectivity index (χ2v) is 16.2. The van der Waals surface area contributed by atoms with Gasteiger partial charge in [-0.15, -0.1) is 0 Å². The van der Waals surface area contributed by atoms with Gasteiger partial charge in [-0.05, 0) is 117 Å². The zero-order valence-electron chi connectivity index (χ0n) is 32.3. The number of para-hydroxylation sites is 2. The van der Waals surface area contributed by atoms with Crippen molar-refractivity contribution in [1.82, 2.24) is 4.57 Å². The molecule has 58 heavy (non-hydrogen) atoms. The zero-order chi connectivity index (χ0) is 38.5. The summed E-state index contributed by atoms with van der Waals surface area (Å²) >= 11 is 0. The number of furan rings is 1. The second kappa shape index (κ2) is 12.3. The van der Waals surface area contributed by atoms with Crippen LogP contribution in [0.2, 0.25) is 0 Å². The maximum Gasteiger partial charge on any atom is 0.137 e. The van der Waals surface area contributed by atoms with Crippen LogP contribution in [-0.4, -0.2) is 4.57 Å². The molecule has 0 fully saturated rings. The third-order valence-corrected chi connectivity index (χ3v) is 12.5. The van der Waals surface area contributed by atoms with Gasteiger partial charge in [0.05, 0.1) is 22.1 Å². The van der Waals surface area contributed by atoms with E-state index in [9.17, 15) is 0 Å². The molecule has 2 heterocycles. The van der Waals surface area contributed by atoms with Crippen molar-refractivity contribution < 1.29 is 4.42 Å². The molecule has 3 heteroatoms. The predicted molar refractivity (Wildman–Crippen MR) is 243 cm³/mol. The Labute approximate surface area is 336 Å². The van der Waals surface area contributed by atoms with Crippen LogP contribution < -0.4 is 4.90 Å². The van der Waals surface area contributed by atoms with Gasteiger partial charge in [0.25, 0.3) is 0 Å². The second-order valence-electron chi connectivity index (χ2n) is 16.2. The summed E-state index contributed by atoms with van der Waals surface area (Å²) in [5, 5.41) is 7.14. The molecule has 0 atom stereocenters. The minimum absolute atomic E-state index is 0.107. The molecule has 0 saturated carbocycles. The van der Waals surface area contributed by atoms with Gasteiger partial charge in [0.2, 0.25) is 0 Å². The van der Waals surface area contributed by atoms with Crippen LogP contribution in [0.3, 0.4) is 0 Å². The van der Waals surface area contributed by atoms with E-state index in [4.69, 9.17) is 4.42 Å². The largest absolute Gasteiger partial charge is 0.456 e. The van der Waals surface area contributed by atoms with Crippen LogP contribution in [0.25, 0.3) is 82.5 Å². The quantitative estimate of drug-likeness (QED) is 0.175. The maximum absolute atomic E-state index is 6.34. The number of nitrogens with zero attached hydrogens (tertiary/aromatic N) is 2. The van der Waals surface area contributed by atoms with Crippen LogP contribution in [-0.2, 0) is 5.41 Å². The Kier molecular flexibility index (Phi) is 6.98. The van der Waals surface area contributed by atoms with Crippen LogP contribution in [0.15, 0.2) is 199 Å². The predicted octanol–water partition coefficient (Wildman–Crippen LogP) is 15.3. The van der Waals surface area contributed by atoms with E-state index in [-0.39, 0.29) is 5.41 Å². The average molecular weight is 743 g/mol. The molecule has 0 N–H and O–H groups in total. The molecule has 2 aromatic heterocycles.